The lowest BCUT2D eigenvalue weighted by Crippen LogP contribution is -2.22. The van der Waals surface area contributed by atoms with Gasteiger partial charge in [0, 0.05) is 18.2 Å². The van der Waals surface area contributed by atoms with Gasteiger partial charge >= 0.3 is 6.03 Å². The Balaban J connectivity index is 2.34. The largest absolute Gasteiger partial charge is 0.326 e. The topological polar surface area (TPSA) is 87.3 Å². The first kappa shape index (κ1) is 11.8. The maximum Gasteiger partial charge on any atom is 0.326 e. The van der Waals surface area contributed by atoms with E-state index >= 15 is 0 Å². The van der Waals surface area contributed by atoms with Gasteiger partial charge in [0.15, 0.2) is 0 Å². The number of nitrogens with one attached hydrogen (secondary N) is 3. The van der Waals surface area contributed by atoms with Gasteiger partial charge in [-0.3, -0.25) is 14.9 Å². The molecule has 4 amide bonds. The van der Waals surface area contributed by atoms with Crippen molar-refractivity contribution in [3.8, 4) is 0 Å². The van der Waals surface area contributed by atoms with Gasteiger partial charge in [-0.2, -0.15) is 0 Å². The lowest BCUT2D eigenvalue weighted by atomic mass is 10.1. The average molecular weight is 245 g/mol. The van der Waals surface area contributed by atoms with Crippen molar-refractivity contribution >= 4 is 29.6 Å². The van der Waals surface area contributed by atoms with E-state index in [2.05, 4.69) is 16.0 Å². The second-order valence-electron chi connectivity index (χ2n) is 3.73. The number of hydrogen-bond donors (Lipinski definition) is 3. The van der Waals surface area contributed by atoms with Crippen LogP contribution in [0.4, 0.5) is 10.5 Å². The monoisotopic (exact) mass is 245 g/mol. The summed E-state index contributed by atoms with van der Waals surface area (Å²) in [7, 11) is 0. The van der Waals surface area contributed by atoms with Crippen molar-refractivity contribution in [2.75, 3.05) is 5.32 Å². The first-order valence-corrected chi connectivity index (χ1v) is 5.27. The number of carbonyl (C=O) groups is 3. The Morgan fingerprint density at radius 2 is 1.94 bits per heavy atom. The Bertz CT molecular complexity index is 563. The summed E-state index contributed by atoms with van der Waals surface area (Å²) in [5, 5.41) is 7.13. The highest BCUT2D eigenvalue weighted by Gasteiger charge is 2.22. The molecule has 1 aliphatic rings. The molecule has 0 atom stereocenters. The van der Waals surface area contributed by atoms with Crippen molar-refractivity contribution in [3.05, 3.63) is 35.5 Å². The molecule has 0 aromatic heterocycles. The quantitative estimate of drug-likeness (QED) is 0.532. The zero-order valence-electron chi connectivity index (χ0n) is 9.61. The summed E-state index contributed by atoms with van der Waals surface area (Å²) >= 11 is 0. The summed E-state index contributed by atoms with van der Waals surface area (Å²) in [5.41, 5.74) is 1.37. The number of amides is 4. The van der Waals surface area contributed by atoms with Gasteiger partial charge < -0.3 is 10.6 Å². The van der Waals surface area contributed by atoms with Crippen LogP contribution in [0.2, 0.25) is 0 Å². The van der Waals surface area contributed by atoms with Crippen LogP contribution in [0.15, 0.2) is 30.0 Å². The van der Waals surface area contributed by atoms with Crippen LogP contribution in [0.3, 0.4) is 0 Å². The van der Waals surface area contributed by atoms with Crippen LogP contribution in [-0.4, -0.2) is 17.8 Å². The minimum absolute atomic E-state index is 0.151. The van der Waals surface area contributed by atoms with Gasteiger partial charge in [-0.25, -0.2) is 4.79 Å². The number of rotatable bonds is 2. The third kappa shape index (κ3) is 2.54. The van der Waals surface area contributed by atoms with Crippen LogP contribution < -0.4 is 16.0 Å². The fourth-order valence-corrected chi connectivity index (χ4v) is 1.56. The molecule has 3 N–H and O–H groups in total. The number of anilines is 1. The Kier molecular flexibility index (Phi) is 3.09. The highest BCUT2D eigenvalue weighted by molar-refractivity contribution is 6.14. The molecule has 0 spiro atoms. The number of imide groups is 1. The lowest BCUT2D eigenvalue weighted by Gasteiger charge is -2.06. The maximum absolute atomic E-state index is 11.4. The van der Waals surface area contributed by atoms with Gasteiger partial charge in [0.05, 0.1) is 0 Å². The summed E-state index contributed by atoms with van der Waals surface area (Å²) in [5.74, 6) is -0.696. The predicted molar refractivity (Wildman–Crippen MR) is 65.4 cm³/mol. The third-order valence-corrected chi connectivity index (χ3v) is 2.29. The first-order valence-electron chi connectivity index (χ1n) is 5.27. The fraction of sp³-hybridized carbons (Fsp3) is 0.0833. The number of carbonyl (C=O) groups excluding carboxylic acids is 3. The molecule has 6 nitrogen and oxygen atoms in total. The average Bonchev–Trinajstić information content (AvgIpc) is 2.59. The Morgan fingerprint density at radius 3 is 2.56 bits per heavy atom. The SMILES string of the molecule is CC(=O)Nc1ccccc1C=C1NC(=O)NC1=O. The second-order valence-corrected chi connectivity index (χ2v) is 3.73. The molecule has 2 rings (SSSR count). The van der Waals surface area contributed by atoms with Crippen molar-refractivity contribution < 1.29 is 14.4 Å². The minimum atomic E-state index is -0.553. The molecule has 0 bridgehead atoms. The molecule has 6 heteroatoms. The first-order chi connectivity index (χ1) is 8.56. The standard InChI is InChI=1S/C12H11N3O3/c1-7(16)13-9-5-3-2-4-8(9)6-10-11(17)15-12(18)14-10/h2-6H,1H3,(H,13,16)(H2,14,15,17,18). The molecular formula is C12H11N3O3. The number of urea groups is 1. The molecule has 1 fully saturated rings. The molecule has 0 radical (unpaired) electrons. The molecule has 1 heterocycles. The van der Waals surface area contributed by atoms with Gasteiger partial charge in [-0.15, -0.1) is 0 Å². The van der Waals surface area contributed by atoms with E-state index in [9.17, 15) is 14.4 Å². The van der Waals surface area contributed by atoms with Crippen LogP contribution in [0.25, 0.3) is 6.08 Å². The maximum atomic E-state index is 11.4. The highest BCUT2D eigenvalue weighted by Crippen LogP contribution is 2.18. The van der Waals surface area contributed by atoms with Crippen LogP contribution in [0.1, 0.15) is 12.5 Å². The summed E-state index contributed by atoms with van der Waals surface area (Å²) in [6, 6.07) is 6.43. The number of hydrogen-bond acceptors (Lipinski definition) is 3. The van der Waals surface area contributed by atoms with Crippen LogP contribution in [-0.2, 0) is 9.59 Å². The molecule has 1 aromatic carbocycles. The number of benzene rings is 1. The molecule has 92 valence electrons. The van der Waals surface area contributed by atoms with Crippen molar-refractivity contribution in [3.63, 3.8) is 0 Å². The molecular weight excluding hydrogens is 234 g/mol. The normalized spacial score (nSPS) is 16.4. The minimum Gasteiger partial charge on any atom is -0.326 e. The molecule has 0 unspecified atom stereocenters. The van der Waals surface area contributed by atoms with Gasteiger partial charge in [0.1, 0.15) is 5.70 Å². The summed E-state index contributed by atoms with van der Waals surface area (Å²) in [6.07, 6.45) is 1.51. The molecule has 1 saturated heterocycles. The van der Waals surface area contributed by atoms with Gasteiger partial charge in [0.2, 0.25) is 5.91 Å². The second kappa shape index (κ2) is 4.70. The van der Waals surface area contributed by atoms with Crippen LogP contribution in [0, 0.1) is 0 Å². The number of para-hydroxylation sites is 1. The smallest absolute Gasteiger partial charge is 0.326 e. The van der Waals surface area contributed by atoms with Crippen molar-refractivity contribution in [1.29, 1.82) is 0 Å². The molecule has 0 aliphatic carbocycles. The van der Waals surface area contributed by atoms with Gasteiger partial charge in [-0.05, 0) is 12.1 Å². The molecule has 1 aromatic rings. The molecule has 18 heavy (non-hydrogen) atoms. The van der Waals surface area contributed by atoms with E-state index in [0.717, 1.165) is 0 Å². The van der Waals surface area contributed by atoms with E-state index in [1.807, 2.05) is 0 Å². The Hall–Kier alpha value is -2.63. The Labute approximate surface area is 103 Å². The van der Waals surface area contributed by atoms with Crippen LogP contribution >= 0.6 is 0 Å². The summed E-state index contributed by atoms with van der Waals surface area (Å²) < 4.78 is 0. The molecule has 1 aliphatic heterocycles. The molecule has 0 saturated carbocycles. The van der Waals surface area contributed by atoms with E-state index in [1.54, 1.807) is 24.3 Å². The third-order valence-electron chi connectivity index (χ3n) is 2.29. The van der Waals surface area contributed by atoms with E-state index in [1.165, 1.54) is 13.0 Å². The Morgan fingerprint density at radius 1 is 1.22 bits per heavy atom. The van der Waals surface area contributed by atoms with Crippen molar-refractivity contribution in [2.45, 2.75) is 6.92 Å². The zero-order valence-corrected chi connectivity index (χ0v) is 9.61. The fourth-order valence-electron chi connectivity index (χ4n) is 1.56. The predicted octanol–water partition coefficient (Wildman–Crippen LogP) is 0.825. The highest BCUT2D eigenvalue weighted by atomic mass is 16.2. The van der Waals surface area contributed by atoms with Gasteiger partial charge in [-0.1, -0.05) is 18.2 Å². The van der Waals surface area contributed by atoms with Crippen molar-refractivity contribution in [2.24, 2.45) is 0 Å². The van der Waals surface area contributed by atoms with Crippen molar-refractivity contribution in [1.82, 2.24) is 10.6 Å². The summed E-state index contributed by atoms with van der Waals surface area (Å²) in [6.45, 7) is 1.40. The summed E-state index contributed by atoms with van der Waals surface area (Å²) in [4.78, 5) is 33.4. The van der Waals surface area contributed by atoms with Gasteiger partial charge in [0.25, 0.3) is 5.91 Å². The zero-order chi connectivity index (χ0) is 13.1. The van der Waals surface area contributed by atoms with E-state index in [0.29, 0.717) is 11.3 Å². The lowest BCUT2D eigenvalue weighted by molar-refractivity contribution is -0.116. The van der Waals surface area contributed by atoms with E-state index in [-0.39, 0.29) is 11.6 Å². The van der Waals surface area contributed by atoms with E-state index in [4.69, 9.17) is 0 Å². The van der Waals surface area contributed by atoms with Crippen LogP contribution in [0.5, 0.6) is 0 Å². The van der Waals surface area contributed by atoms with E-state index < -0.39 is 11.9 Å².